The molecule has 5 atom stereocenters. The molecule has 1 amide bonds. The molecule has 3 aliphatic heterocycles. The van der Waals surface area contributed by atoms with E-state index < -0.39 is 5.41 Å². The minimum absolute atomic E-state index is 0.111. The molecule has 8 nitrogen and oxygen atoms in total. The molecule has 168 valence electrons. The quantitative estimate of drug-likeness (QED) is 0.652. The second-order valence-corrected chi connectivity index (χ2v) is 9.19. The fourth-order valence-corrected chi connectivity index (χ4v) is 5.84. The van der Waals surface area contributed by atoms with Crippen LogP contribution in [0.25, 0.3) is 11.1 Å². The Bertz CT molecular complexity index is 1180. The van der Waals surface area contributed by atoms with Crippen LogP contribution < -0.4 is 4.90 Å². The molecule has 33 heavy (non-hydrogen) atoms. The van der Waals surface area contributed by atoms with Crippen molar-refractivity contribution in [1.82, 2.24) is 4.98 Å². The van der Waals surface area contributed by atoms with Crippen LogP contribution in [0.1, 0.15) is 24.1 Å². The van der Waals surface area contributed by atoms with Gasteiger partial charge in [0.1, 0.15) is 11.5 Å². The highest BCUT2D eigenvalue weighted by Gasteiger charge is 2.70. The van der Waals surface area contributed by atoms with Crippen LogP contribution in [-0.2, 0) is 30.8 Å². The average molecular weight is 445 g/mol. The fraction of sp³-hybridized carbons (Fsp3) is 0.440. The van der Waals surface area contributed by atoms with Gasteiger partial charge in [-0.15, -0.1) is 0 Å². The Hall–Kier alpha value is -3.44. The molecule has 2 aromatic rings. The van der Waals surface area contributed by atoms with Gasteiger partial charge in [-0.1, -0.05) is 12.1 Å². The van der Waals surface area contributed by atoms with Crippen molar-refractivity contribution in [2.45, 2.75) is 36.8 Å². The summed E-state index contributed by atoms with van der Waals surface area (Å²) in [6, 6.07) is 12.4. The fourth-order valence-electron chi connectivity index (χ4n) is 5.84. The summed E-state index contributed by atoms with van der Waals surface area (Å²) < 4.78 is 15.7. The Morgan fingerprint density at radius 3 is 2.76 bits per heavy atom. The SMILES string of the molecule is COC(=O)CC[C@@H]1OC(=O)N2c3ccc(-c4ccc(C5(C#N)[C@@H]6COC[C@@H]65)nc4)cc3C[C@@H]12. The van der Waals surface area contributed by atoms with Gasteiger partial charge in [0.15, 0.2) is 0 Å². The van der Waals surface area contributed by atoms with E-state index >= 15 is 0 Å². The number of rotatable bonds is 5. The van der Waals surface area contributed by atoms with Crippen molar-refractivity contribution in [2.24, 2.45) is 11.8 Å². The van der Waals surface area contributed by atoms with Gasteiger partial charge in [0.05, 0.1) is 43.8 Å². The summed E-state index contributed by atoms with van der Waals surface area (Å²) in [5.41, 5.74) is 4.23. The number of ether oxygens (including phenoxy) is 3. The number of benzene rings is 1. The second kappa shape index (κ2) is 7.29. The van der Waals surface area contributed by atoms with E-state index in [1.807, 2.05) is 30.5 Å². The number of esters is 1. The van der Waals surface area contributed by atoms with Crippen molar-refractivity contribution < 1.29 is 23.8 Å². The van der Waals surface area contributed by atoms with E-state index in [1.165, 1.54) is 7.11 Å². The van der Waals surface area contributed by atoms with E-state index in [9.17, 15) is 14.9 Å². The first-order valence-corrected chi connectivity index (χ1v) is 11.2. The number of anilines is 1. The molecule has 1 aliphatic carbocycles. The number of hydrogen-bond acceptors (Lipinski definition) is 7. The number of nitrogens with zero attached hydrogens (tertiary/aromatic N) is 3. The van der Waals surface area contributed by atoms with Gasteiger partial charge < -0.3 is 14.2 Å². The molecular weight excluding hydrogens is 422 g/mol. The highest BCUT2D eigenvalue weighted by Crippen LogP contribution is 2.62. The lowest BCUT2D eigenvalue weighted by molar-refractivity contribution is -0.141. The number of methoxy groups -OCH3 is 1. The van der Waals surface area contributed by atoms with Gasteiger partial charge in [-0.3, -0.25) is 14.7 Å². The second-order valence-electron chi connectivity index (χ2n) is 9.19. The van der Waals surface area contributed by atoms with Crippen LogP contribution in [0.2, 0.25) is 0 Å². The number of nitriles is 1. The van der Waals surface area contributed by atoms with Crippen LogP contribution in [0, 0.1) is 23.2 Å². The molecule has 0 spiro atoms. The Balaban J connectivity index is 1.22. The third-order valence-electron chi connectivity index (χ3n) is 7.69. The van der Waals surface area contributed by atoms with Gasteiger partial charge in [-0.25, -0.2) is 4.79 Å². The molecule has 3 fully saturated rings. The highest BCUT2D eigenvalue weighted by atomic mass is 16.6. The van der Waals surface area contributed by atoms with Gasteiger partial charge >= 0.3 is 12.1 Å². The largest absolute Gasteiger partial charge is 0.469 e. The zero-order valence-electron chi connectivity index (χ0n) is 18.2. The smallest absolute Gasteiger partial charge is 0.415 e. The summed E-state index contributed by atoms with van der Waals surface area (Å²) in [5.74, 6) is 0.196. The van der Waals surface area contributed by atoms with Crippen LogP contribution in [0.5, 0.6) is 0 Å². The minimum Gasteiger partial charge on any atom is -0.469 e. The summed E-state index contributed by atoms with van der Waals surface area (Å²) in [4.78, 5) is 30.4. The highest BCUT2D eigenvalue weighted by molar-refractivity contribution is 5.94. The number of carbonyl (C=O) groups excluding carboxylic acids is 2. The summed E-state index contributed by atoms with van der Waals surface area (Å²) in [6.07, 6.45) is 2.46. The maximum absolute atomic E-state index is 12.5. The van der Waals surface area contributed by atoms with Crippen LogP contribution in [-0.4, -0.2) is 49.5 Å². The van der Waals surface area contributed by atoms with Gasteiger partial charge in [-0.2, -0.15) is 5.26 Å². The minimum atomic E-state index is -0.501. The zero-order chi connectivity index (χ0) is 22.7. The van der Waals surface area contributed by atoms with Crippen LogP contribution in [0.4, 0.5) is 10.5 Å². The van der Waals surface area contributed by atoms with Crippen molar-refractivity contribution in [3.8, 4) is 17.2 Å². The Labute approximate surface area is 191 Å². The molecule has 1 saturated carbocycles. The van der Waals surface area contributed by atoms with E-state index in [1.54, 1.807) is 4.90 Å². The molecule has 4 aliphatic rings. The molecule has 2 saturated heterocycles. The van der Waals surface area contributed by atoms with Gasteiger partial charge in [-0.05, 0) is 42.2 Å². The lowest BCUT2D eigenvalue weighted by Gasteiger charge is -2.16. The van der Waals surface area contributed by atoms with E-state index in [-0.39, 0.29) is 42.5 Å². The molecule has 8 heteroatoms. The van der Waals surface area contributed by atoms with Gasteiger partial charge in [0.2, 0.25) is 0 Å². The maximum atomic E-state index is 12.5. The lowest BCUT2D eigenvalue weighted by Crippen LogP contribution is -2.33. The summed E-state index contributed by atoms with van der Waals surface area (Å²) in [7, 11) is 1.36. The Morgan fingerprint density at radius 1 is 1.27 bits per heavy atom. The molecule has 1 unspecified atom stereocenters. The normalized spacial score (nSPS) is 30.8. The molecule has 1 aromatic heterocycles. The maximum Gasteiger partial charge on any atom is 0.415 e. The predicted molar refractivity (Wildman–Crippen MR) is 116 cm³/mol. The molecular formula is C25H23N3O5. The standard InChI is InChI=1S/C25H23N3O5/c1-31-23(29)7-5-21-20-9-16-8-14(2-4-19(16)28(20)24(30)33-21)15-3-6-22(27-10-15)25(13-26)17-11-32-12-18(17)25/h2-4,6,8,10,17-18,20-21H,5,7,9,11-12H2,1H3/t17-,18+,20-,21-,25?/m0/s1. The topological polar surface area (TPSA) is 102 Å². The molecule has 4 heterocycles. The number of hydrogen-bond donors (Lipinski definition) is 0. The average Bonchev–Trinajstić information content (AvgIpc) is 3.24. The lowest BCUT2D eigenvalue weighted by atomic mass is 9.96. The Morgan fingerprint density at radius 2 is 2.06 bits per heavy atom. The number of cyclic esters (lactones) is 1. The number of pyridine rings is 1. The van der Waals surface area contributed by atoms with Gasteiger partial charge in [0, 0.05) is 30.0 Å². The summed E-state index contributed by atoms with van der Waals surface area (Å²) in [6.45, 7) is 1.26. The van der Waals surface area contributed by atoms with Crippen molar-refractivity contribution in [3.63, 3.8) is 0 Å². The van der Waals surface area contributed by atoms with Crippen LogP contribution >= 0.6 is 0 Å². The predicted octanol–water partition coefficient (Wildman–Crippen LogP) is 2.99. The first-order chi connectivity index (χ1) is 16.1. The van der Waals surface area contributed by atoms with Crippen molar-refractivity contribution >= 4 is 17.7 Å². The zero-order valence-corrected chi connectivity index (χ0v) is 18.2. The molecule has 6 rings (SSSR count). The van der Waals surface area contributed by atoms with E-state index in [0.717, 1.165) is 28.1 Å². The Kier molecular flexibility index (Phi) is 4.46. The molecule has 1 aromatic carbocycles. The third kappa shape index (κ3) is 2.89. The number of amides is 1. The third-order valence-corrected chi connectivity index (χ3v) is 7.69. The van der Waals surface area contributed by atoms with Crippen molar-refractivity contribution in [2.75, 3.05) is 25.2 Å². The van der Waals surface area contributed by atoms with Gasteiger partial charge in [0.25, 0.3) is 0 Å². The first kappa shape index (κ1) is 20.2. The van der Waals surface area contributed by atoms with E-state index in [2.05, 4.69) is 17.1 Å². The van der Waals surface area contributed by atoms with E-state index in [4.69, 9.17) is 14.2 Å². The van der Waals surface area contributed by atoms with Crippen molar-refractivity contribution in [1.29, 1.82) is 5.26 Å². The molecule has 0 radical (unpaired) electrons. The summed E-state index contributed by atoms with van der Waals surface area (Å²) >= 11 is 0. The number of aromatic nitrogens is 1. The molecule has 0 N–H and O–H groups in total. The van der Waals surface area contributed by atoms with Crippen molar-refractivity contribution in [3.05, 3.63) is 47.8 Å². The number of fused-ring (bicyclic) bond motifs is 4. The monoisotopic (exact) mass is 445 g/mol. The first-order valence-electron chi connectivity index (χ1n) is 11.2. The van der Waals surface area contributed by atoms with E-state index in [0.29, 0.717) is 26.1 Å². The van der Waals surface area contributed by atoms with Crippen LogP contribution in [0.3, 0.4) is 0 Å². The summed E-state index contributed by atoms with van der Waals surface area (Å²) in [5, 5.41) is 9.80. The molecule has 0 bridgehead atoms. The van der Waals surface area contributed by atoms with Crippen LogP contribution in [0.15, 0.2) is 36.5 Å². The number of carbonyl (C=O) groups is 2.